The van der Waals surface area contributed by atoms with Crippen molar-refractivity contribution < 1.29 is 4.79 Å². The standard InChI is InChI=1S/C14H18N4OS/c1-10(7-11-5-4-6-20-11)18(3)14(19)12-8-17-13(15-2)9-16-12/h4-6,8-10H,7H2,1-3H3,(H,15,17). The van der Waals surface area contributed by atoms with Gasteiger partial charge >= 0.3 is 0 Å². The first-order valence-electron chi connectivity index (χ1n) is 6.41. The summed E-state index contributed by atoms with van der Waals surface area (Å²) in [6, 6.07) is 4.23. The van der Waals surface area contributed by atoms with Gasteiger partial charge in [-0.15, -0.1) is 11.3 Å². The Morgan fingerprint density at radius 3 is 2.80 bits per heavy atom. The summed E-state index contributed by atoms with van der Waals surface area (Å²) < 4.78 is 0. The lowest BCUT2D eigenvalue weighted by Gasteiger charge is -2.24. The molecule has 1 unspecified atom stereocenters. The minimum Gasteiger partial charge on any atom is -0.372 e. The van der Waals surface area contributed by atoms with E-state index in [1.807, 2.05) is 18.4 Å². The number of hydrogen-bond donors (Lipinski definition) is 1. The van der Waals surface area contributed by atoms with Gasteiger partial charge in [-0.3, -0.25) is 4.79 Å². The Labute approximate surface area is 122 Å². The molecule has 0 aliphatic heterocycles. The van der Waals surface area contributed by atoms with E-state index in [0.717, 1.165) is 6.42 Å². The highest BCUT2D eigenvalue weighted by atomic mass is 32.1. The average molecular weight is 290 g/mol. The summed E-state index contributed by atoms with van der Waals surface area (Å²) in [4.78, 5) is 23.6. The van der Waals surface area contributed by atoms with Gasteiger partial charge in [0.25, 0.3) is 5.91 Å². The molecule has 1 N–H and O–H groups in total. The van der Waals surface area contributed by atoms with Crippen molar-refractivity contribution >= 4 is 23.1 Å². The number of thiophene rings is 1. The zero-order valence-electron chi connectivity index (χ0n) is 11.8. The van der Waals surface area contributed by atoms with Crippen LogP contribution >= 0.6 is 11.3 Å². The maximum Gasteiger partial charge on any atom is 0.274 e. The van der Waals surface area contributed by atoms with Crippen molar-refractivity contribution in [3.8, 4) is 0 Å². The van der Waals surface area contributed by atoms with Crippen molar-refractivity contribution in [2.24, 2.45) is 0 Å². The second-order valence-corrected chi connectivity index (χ2v) is 5.62. The number of hydrogen-bond acceptors (Lipinski definition) is 5. The summed E-state index contributed by atoms with van der Waals surface area (Å²) >= 11 is 1.71. The maximum atomic E-state index is 12.3. The third-order valence-corrected chi connectivity index (χ3v) is 4.08. The number of rotatable bonds is 5. The Kier molecular flexibility index (Phi) is 4.68. The van der Waals surface area contributed by atoms with E-state index < -0.39 is 0 Å². The lowest BCUT2D eigenvalue weighted by atomic mass is 10.2. The Morgan fingerprint density at radius 2 is 2.25 bits per heavy atom. The number of nitrogens with one attached hydrogen (secondary N) is 1. The van der Waals surface area contributed by atoms with Crippen LogP contribution in [0.5, 0.6) is 0 Å². The fourth-order valence-corrected chi connectivity index (χ4v) is 2.63. The highest BCUT2D eigenvalue weighted by Gasteiger charge is 2.19. The summed E-state index contributed by atoms with van der Waals surface area (Å²) in [5, 5.41) is 4.93. The predicted octanol–water partition coefficient (Wildman–Crippen LogP) is 2.28. The molecule has 0 radical (unpaired) electrons. The molecule has 0 saturated heterocycles. The van der Waals surface area contributed by atoms with Crippen molar-refractivity contribution in [1.82, 2.24) is 14.9 Å². The Morgan fingerprint density at radius 1 is 1.45 bits per heavy atom. The van der Waals surface area contributed by atoms with Gasteiger partial charge in [0.05, 0.1) is 12.4 Å². The van der Waals surface area contributed by atoms with Crippen LogP contribution in [0.4, 0.5) is 5.82 Å². The van der Waals surface area contributed by atoms with Crippen molar-refractivity contribution in [1.29, 1.82) is 0 Å². The van der Waals surface area contributed by atoms with Gasteiger partial charge < -0.3 is 10.2 Å². The average Bonchev–Trinajstić information content (AvgIpc) is 2.98. The number of carbonyl (C=O) groups is 1. The van der Waals surface area contributed by atoms with E-state index in [4.69, 9.17) is 0 Å². The van der Waals surface area contributed by atoms with E-state index in [1.54, 1.807) is 36.5 Å². The minimum atomic E-state index is -0.107. The van der Waals surface area contributed by atoms with E-state index in [0.29, 0.717) is 11.5 Å². The van der Waals surface area contributed by atoms with Gasteiger partial charge in [0.15, 0.2) is 0 Å². The number of anilines is 1. The fourth-order valence-electron chi connectivity index (χ4n) is 1.81. The van der Waals surface area contributed by atoms with Crippen LogP contribution in [-0.2, 0) is 6.42 Å². The molecule has 2 aromatic rings. The van der Waals surface area contributed by atoms with Crippen LogP contribution in [0.15, 0.2) is 29.9 Å². The molecule has 20 heavy (non-hydrogen) atoms. The summed E-state index contributed by atoms with van der Waals surface area (Å²) in [6.07, 6.45) is 3.91. The molecule has 0 fully saturated rings. The highest BCUT2D eigenvalue weighted by Crippen LogP contribution is 2.14. The molecule has 0 bridgehead atoms. The van der Waals surface area contributed by atoms with Crippen LogP contribution in [0, 0.1) is 0 Å². The van der Waals surface area contributed by atoms with E-state index in [9.17, 15) is 4.79 Å². The zero-order chi connectivity index (χ0) is 14.5. The topological polar surface area (TPSA) is 58.1 Å². The van der Waals surface area contributed by atoms with Crippen LogP contribution in [0.1, 0.15) is 22.3 Å². The van der Waals surface area contributed by atoms with Gasteiger partial charge in [0, 0.05) is 31.4 Å². The summed E-state index contributed by atoms with van der Waals surface area (Å²) in [7, 11) is 3.56. The molecule has 2 aromatic heterocycles. The van der Waals surface area contributed by atoms with Crippen molar-refractivity contribution in [2.45, 2.75) is 19.4 Å². The smallest absolute Gasteiger partial charge is 0.274 e. The summed E-state index contributed by atoms with van der Waals surface area (Å²) in [5.74, 6) is 0.542. The second kappa shape index (κ2) is 6.47. The van der Waals surface area contributed by atoms with Crippen LogP contribution in [0.2, 0.25) is 0 Å². The van der Waals surface area contributed by atoms with E-state index in [-0.39, 0.29) is 11.9 Å². The molecule has 6 heteroatoms. The first-order valence-corrected chi connectivity index (χ1v) is 7.29. The van der Waals surface area contributed by atoms with Gasteiger partial charge in [-0.2, -0.15) is 0 Å². The molecule has 1 atom stereocenters. The number of aromatic nitrogens is 2. The van der Waals surface area contributed by atoms with E-state index in [1.165, 1.54) is 11.1 Å². The fraction of sp³-hybridized carbons (Fsp3) is 0.357. The third-order valence-electron chi connectivity index (χ3n) is 3.19. The molecule has 0 aromatic carbocycles. The molecule has 1 amide bonds. The molecule has 2 rings (SSSR count). The van der Waals surface area contributed by atoms with Crippen molar-refractivity contribution in [3.05, 3.63) is 40.5 Å². The van der Waals surface area contributed by atoms with Crippen molar-refractivity contribution in [2.75, 3.05) is 19.4 Å². The van der Waals surface area contributed by atoms with Gasteiger partial charge in [-0.1, -0.05) is 6.07 Å². The minimum absolute atomic E-state index is 0.107. The third kappa shape index (κ3) is 3.33. The van der Waals surface area contributed by atoms with E-state index >= 15 is 0 Å². The second-order valence-electron chi connectivity index (χ2n) is 4.59. The van der Waals surface area contributed by atoms with E-state index in [2.05, 4.69) is 21.4 Å². The van der Waals surface area contributed by atoms with Crippen LogP contribution in [0.3, 0.4) is 0 Å². The van der Waals surface area contributed by atoms with Gasteiger partial charge in [-0.05, 0) is 18.4 Å². The molecule has 106 valence electrons. The lowest BCUT2D eigenvalue weighted by Crippen LogP contribution is -2.36. The molecular formula is C14H18N4OS. The molecule has 0 saturated carbocycles. The molecule has 5 nitrogen and oxygen atoms in total. The van der Waals surface area contributed by atoms with Crippen LogP contribution in [-0.4, -0.2) is 40.9 Å². The zero-order valence-corrected chi connectivity index (χ0v) is 12.6. The number of likely N-dealkylation sites (N-methyl/N-ethyl adjacent to an activating group) is 1. The predicted molar refractivity (Wildman–Crippen MR) is 81.2 cm³/mol. The summed E-state index contributed by atoms with van der Waals surface area (Å²) in [6.45, 7) is 2.03. The Bertz CT molecular complexity index is 553. The normalized spacial score (nSPS) is 11.9. The lowest BCUT2D eigenvalue weighted by molar-refractivity contribution is 0.0737. The SMILES string of the molecule is CNc1cnc(C(=O)N(C)C(C)Cc2cccs2)cn1. The Hall–Kier alpha value is -1.95. The van der Waals surface area contributed by atoms with Crippen molar-refractivity contribution in [3.63, 3.8) is 0 Å². The number of amides is 1. The summed E-state index contributed by atoms with van der Waals surface area (Å²) in [5.41, 5.74) is 0.365. The number of nitrogens with zero attached hydrogens (tertiary/aromatic N) is 3. The van der Waals surface area contributed by atoms with Gasteiger partial charge in [0.1, 0.15) is 11.5 Å². The molecule has 2 heterocycles. The molecule has 0 aliphatic carbocycles. The first-order chi connectivity index (χ1) is 9.61. The molecule has 0 aliphatic rings. The Balaban J connectivity index is 2.03. The molecule has 0 spiro atoms. The highest BCUT2D eigenvalue weighted by molar-refractivity contribution is 7.09. The quantitative estimate of drug-likeness (QED) is 0.918. The van der Waals surface area contributed by atoms with Crippen LogP contribution < -0.4 is 5.32 Å². The van der Waals surface area contributed by atoms with Crippen LogP contribution in [0.25, 0.3) is 0 Å². The monoisotopic (exact) mass is 290 g/mol. The number of carbonyl (C=O) groups excluding carboxylic acids is 1. The molecular weight excluding hydrogens is 272 g/mol. The largest absolute Gasteiger partial charge is 0.372 e. The van der Waals surface area contributed by atoms with Gasteiger partial charge in [-0.25, -0.2) is 9.97 Å². The van der Waals surface area contributed by atoms with Gasteiger partial charge in [0.2, 0.25) is 0 Å². The maximum absolute atomic E-state index is 12.3. The first kappa shape index (κ1) is 14.5.